The SMILES string of the molecule is C=CCNC(=O)C(=O)NCC1CC[NH2+]CC1. The summed E-state index contributed by atoms with van der Waals surface area (Å²) < 4.78 is 0. The van der Waals surface area contributed by atoms with Crippen LogP contribution in [0, 0.1) is 5.92 Å². The number of rotatable bonds is 4. The minimum absolute atomic E-state index is 0.324. The van der Waals surface area contributed by atoms with Gasteiger partial charge in [0.15, 0.2) is 0 Å². The van der Waals surface area contributed by atoms with Crippen molar-refractivity contribution in [2.45, 2.75) is 12.8 Å². The van der Waals surface area contributed by atoms with E-state index in [1.165, 1.54) is 0 Å². The first-order chi connectivity index (χ1) is 7.74. The molecule has 0 bridgehead atoms. The summed E-state index contributed by atoms with van der Waals surface area (Å²) in [6.07, 6.45) is 3.76. The summed E-state index contributed by atoms with van der Waals surface area (Å²) in [5.41, 5.74) is 0. The second-order valence-electron chi connectivity index (χ2n) is 4.02. The second kappa shape index (κ2) is 7.00. The van der Waals surface area contributed by atoms with Crippen molar-refractivity contribution in [2.24, 2.45) is 5.92 Å². The molecule has 0 atom stereocenters. The largest absolute Gasteiger partial charge is 0.348 e. The van der Waals surface area contributed by atoms with Gasteiger partial charge in [-0.25, -0.2) is 0 Å². The molecular weight excluding hydrogens is 206 g/mol. The van der Waals surface area contributed by atoms with Crippen LogP contribution < -0.4 is 16.0 Å². The Morgan fingerprint density at radius 1 is 1.25 bits per heavy atom. The van der Waals surface area contributed by atoms with Gasteiger partial charge in [0.25, 0.3) is 0 Å². The molecule has 1 heterocycles. The van der Waals surface area contributed by atoms with Crippen LogP contribution in [0.5, 0.6) is 0 Å². The molecule has 1 rings (SSSR count). The maximum atomic E-state index is 11.3. The number of carbonyl (C=O) groups is 2. The Labute approximate surface area is 95.7 Å². The van der Waals surface area contributed by atoms with E-state index in [4.69, 9.17) is 0 Å². The minimum Gasteiger partial charge on any atom is -0.348 e. The van der Waals surface area contributed by atoms with E-state index in [9.17, 15) is 9.59 Å². The summed E-state index contributed by atoms with van der Waals surface area (Å²) in [5, 5.41) is 7.38. The van der Waals surface area contributed by atoms with E-state index >= 15 is 0 Å². The van der Waals surface area contributed by atoms with Crippen LogP contribution in [0.2, 0.25) is 0 Å². The predicted octanol–water partition coefficient (Wildman–Crippen LogP) is -1.62. The fraction of sp³-hybridized carbons (Fsp3) is 0.636. The van der Waals surface area contributed by atoms with Crippen molar-refractivity contribution in [2.75, 3.05) is 26.2 Å². The number of amides is 2. The number of piperidine rings is 1. The maximum absolute atomic E-state index is 11.3. The smallest absolute Gasteiger partial charge is 0.309 e. The van der Waals surface area contributed by atoms with Gasteiger partial charge in [-0.3, -0.25) is 9.59 Å². The summed E-state index contributed by atoms with van der Waals surface area (Å²) in [6, 6.07) is 0. The van der Waals surface area contributed by atoms with Crippen LogP contribution in [-0.4, -0.2) is 38.0 Å². The molecule has 1 aliphatic rings. The highest BCUT2D eigenvalue weighted by Crippen LogP contribution is 2.06. The topological polar surface area (TPSA) is 74.8 Å². The van der Waals surface area contributed by atoms with Crippen LogP contribution in [0.25, 0.3) is 0 Å². The highest BCUT2D eigenvalue weighted by atomic mass is 16.2. The van der Waals surface area contributed by atoms with E-state index in [1.807, 2.05) is 0 Å². The van der Waals surface area contributed by atoms with Gasteiger partial charge in [-0.1, -0.05) is 6.08 Å². The molecule has 0 aromatic rings. The lowest BCUT2D eigenvalue weighted by Crippen LogP contribution is -2.86. The number of nitrogens with two attached hydrogens (primary N) is 1. The van der Waals surface area contributed by atoms with Crippen molar-refractivity contribution >= 4 is 11.8 Å². The van der Waals surface area contributed by atoms with Crippen LogP contribution >= 0.6 is 0 Å². The van der Waals surface area contributed by atoms with Crippen molar-refractivity contribution in [3.63, 3.8) is 0 Å². The molecule has 0 aromatic carbocycles. The summed E-state index contributed by atoms with van der Waals surface area (Å²) in [4.78, 5) is 22.5. The zero-order valence-electron chi connectivity index (χ0n) is 9.50. The molecule has 1 saturated heterocycles. The maximum Gasteiger partial charge on any atom is 0.309 e. The van der Waals surface area contributed by atoms with Gasteiger partial charge in [-0.05, 0) is 5.92 Å². The van der Waals surface area contributed by atoms with Gasteiger partial charge < -0.3 is 16.0 Å². The van der Waals surface area contributed by atoms with Crippen molar-refractivity contribution in [3.8, 4) is 0 Å². The summed E-state index contributed by atoms with van der Waals surface area (Å²) in [7, 11) is 0. The molecule has 16 heavy (non-hydrogen) atoms. The molecule has 0 saturated carbocycles. The van der Waals surface area contributed by atoms with E-state index in [2.05, 4.69) is 22.5 Å². The van der Waals surface area contributed by atoms with Gasteiger partial charge in [0.2, 0.25) is 0 Å². The molecule has 0 aromatic heterocycles. The Bertz CT molecular complexity index is 260. The third-order valence-corrected chi connectivity index (χ3v) is 2.72. The van der Waals surface area contributed by atoms with Gasteiger partial charge >= 0.3 is 11.8 Å². The lowest BCUT2D eigenvalue weighted by atomic mass is 9.98. The Kier molecular flexibility index (Phi) is 5.56. The molecule has 90 valence electrons. The predicted molar refractivity (Wildman–Crippen MR) is 60.6 cm³/mol. The Morgan fingerprint density at radius 3 is 2.50 bits per heavy atom. The van der Waals surface area contributed by atoms with Gasteiger partial charge in [-0.2, -0.15) is 0 Å². The molecule has 5 nitrogen and oxygen atoms in total. The quantitative estimate of drug-likeness (QED) is 0.398. The zero-order chi connectivity index (χ0) is 11.8. The highest BCUT2D eigenvalue weighted by Gasteiger charge is 2.18. The van der Waals surface area contributed by atoms with E-state index in [0.29, 0.717) is 19.0 Å². The molecule has 0 spiro atoms. The number of quaternary nitrogens is 1. The average molecular weight is 226 g/mol. The van der Waals surface area contributed by atoms with Gasteiger partial charge in [0.05, 0.1) is 13.1 Å². The average Bonchev–Trinajstić information content (AvgIpc) is 2.34. The van der Waals surface area contributed by atoms with Crippen LogP contribution in [0.4, 0.5) is 0 Å². The molecule has 2 amide bonds. The fourth-order valence-electron chi connectivity index (χ4n) is 1.76. The number of hydrogen-bond acceptors (Lipinski definition) is 2. The third kappa shape index (κ3) is 4.44. The number of nitrogens with one attached hydrogen (secondary N) is 2. The first-order valence-corrected chi connectivity index (χ1v) is 5.72. The van der Waals surface area contributed by atoms with Gasteiger partial charge in [-0.15, -0.1) is 6.58 Å². The van der Waals surface area contributed by atoms with E-state index in [0.717, 1.165) is 25.9 Å². The summed E-state index contributed by atoms with van der Waals surface area (Å²) >= 11 is 0. The van der Waals surface area contributed by atoms with Gasteiger partial charge in [0, 0.05) is 25.9 Å². The lowest BCUT2D eigenvalue weighted by molar-refractivity contribution is -0.664. The highest BCUT2D eigenvalue weighted by molar-refractivity contribution is 6.35. The summed E-state index contributed by atoms with van der Waals surface area (Å²) in [6.45, 7) is 6.62. The fourth-order valence-corrected chi connectivity index (χ4v) is 1.76. The molecule has 0 aliphatic carbocycles. The second-order valence-corrected chi connectivity index (χ2v) is 4.02. The third-order valence-electron chi connectivity index (χ3n) is 2.72. The molecule has 1 aliphatic heterocycles. The van der Waals surface area contributed by atoms with Gasteiger partial charge in [0.1, 0.15) is 0 Å². The first kappa shape index (κ1) is 12.7. The summed E-state index contributed by atoms with van der Waals surface area (Å²) in [5.74, 6) is -0.611. The Morgan fingerprint density at radius 2 is 1.88 bits per heavy atom. The standard InChI is InChI=1S/C11H19N3O2/c1-2-5-13-10(15)11(16)14-8-9-3-6-12-7-4-9/h2,9,12H,1,3-8H2,(H,13,15)(H,14,16)/p+1. The number of hydrogen-bond donors (Lipinski definition) is 3. The molecule has 0 unspecified atom stereocenters. The van der Waals surface area contributed by atoms with E-state index in [1.54, 1.807) is 6.08 Å². The first-order valence-electron chi connectivity index (χ1n) is 5.72. The monoisotopic (exact) mass is 226 g/mol. The Hall–Kier alpha value is -1.36. The molecule has 5 heteroatoms. The molecular formula is C11H20N3O2+. The van der Waals surface area contributed by atoms with Crippen molar-refractivity contribution in [3.05, 3.63) is 12.7 Å². The molecule has 0 radical (unpaired) electrons. The Balaban J connectivity index is 2.17. The zero-order valence-corrected chi connectivity index (χ0v) is 9.50. The number of carbonyl (C=O) groups excluding carboxylic acids is 2. The van der Waals surface area contributed by atoms with Crippen LogP contribution in [0.15, 0.2) is 12.7 Å². The van der Waals surface area contributed by atoms with Crippen LogP contribution in [0.1, 0.15) is 12.8 Å². The van der Waals surface area contributed by atoms with Crippen LogP contribution in [0.3, 0.4) is 0 Å². The molecule has 4 N–H and O–H groups in total. The van der Waals surface area contributed by atoms with E-state index < -0.39 is 11.8 Å². The normalized spacial score (nSPS) is 16.5. The minimum atomic E-state index is -0.581. The van der Waals surface area contributed by atoms with Crippen molar-refractivity contribution in [1.29, 1.82) is 0 Å². The van der Waals surface area contributed by atoms with Crippen molar-refractivity contribution < 1.29 is 14.9 Å². The molecule has 1 fully saturated rings. The van der Waals surface area contributed by atoms with E-state index in [-0.39, 0.29) is 0 Å². The van der Waals surface area contributed by atoms with Crippen molar-refractivity contribution in [1.82, 2.24) is 10.6 Å². The lowest BCUT2D eigenvalue weighted by Gasteiger charge is -2.20. The van der Waals surface area contributed by atoms with Crippen LogP contribution in [-0.2, 0) is 9.59 Å².